The lowest BCUT2D eigenvalue weighted by molar-refractivity contribution is -0.116. The second-order valence-electron chi connectivity index (χ2n) is 3.28. The second-order valence-corrected chi connectivity index (χ2v) is 3.28. The molecule has 0 spiro atoms. The molecule has 0 heterocycles. The molecule has 0 aliphatic heterocycles. The Morgan fingerprint density at radius 3 is 2.53 bits per heavy atom. The van der Waals surface area contributed by atoms with Gasteiger partial charge in [0.1, 0.15) is 5.78 Å². The lowest BCUT2D eigenvalue weighted by Gasteiger charge is -2.05. The summed E-state index contributed by atoms with van der Waals surface area (Å²) in [6, 6.07) is 4.79. The maximum absolute atomic E-state index is 11.2. The molecular weight excluding hydrogens is 194 g/mol. The van der Waals surface area contributed by atoms with Crippen LogP contribution in [0.3, 0.4) is 0 Å². The van der Waals surface area contributed by atoms with Crippen LogP contribution in [0, 0.1) is 0 Å². The number of ether oxygens (including phenoxy) is 1. The maximum atomic E-state index is 11.2. The molecule has 0 radical (unpaired) electrons. The fourth-order valence-electron chi connectivity index (χ4n) is 1.27. The van der Waals surface area contributed by atoms with E-state index in [1.54, 1.807) is 12.1 Å². The molecule has 1 rings (SSSR count). The Hall–Kier alpha value is -1.84. The number of carbonyl (C=O) groups excluding carboxylic acids is 2. The van der Waals surface area contributed by atoms with Crippen molar-refractivity contribution >= 4 is 17.4 Å². The van der Waals surface area contributed by atoms with Crippen molar-refractivity contribution in [3.63, 3.8) is 0 Å². The van der Waals surface area contributed by atoms with Crippen LogP contribution in [0.25, 0.3) is 0 Å². The molecule has 2 N–H and O–H groups in total. The van der Waals surface area contributed by atoms with E-state index in [0.29, 0.717) is 11.3 Å². The maximum Gasteiger partial charge on any atom is 0.337 e. The number of esters is 1. The summed E-state index contributed by atoms with van der Waals surface area (Å²) < 4.78 is 4.55. The van der Waals surface area contributed by atoms with Gasteiger partial charge in [-0.2, -0.15) is 0 Å². The van der Waals surface area contributed by atoms with Gasteiger partial charge in [-0.05, 0) is 24.6 Å². The molecule has 1 aromatic rings. The van der Waals surface area contributed by atoms with E-state index in [1.165, 1.54) is 20.1 Å². The fraction of sp³-hybridized carbons (Fsp3) is 0.273. The van der Waals surface area contributed by atoms with E-state index in [1.807, 2.05) is 0 Å². The first-order valence-corrected chi connectivity index (χ1v) is 4.50. The van der Waals surface area contributed by atoms with Crippen LogP contribution in [0.4, 0.5) is 5.69 Å². The number of rotatable bonds is 3. The largest absolute Gasteiger partial charge is 0.465 e. The van der Waals surface area contributed by atoms with Crippen molar-refractivity contribution in [1.82, 2.24) is 0 Å². The third-order valence-electron chi connectivity index (χ3n) is 2.01. The molecule has 0 bridgehead atoms. The summed E-state index contributed by atoms with van der Waals surface area (Å²) in [5.74, 6) is -0.399. The van der Waals surface area contributed by atoms with E-state index >= 15 is 0 Å². The SMILES string of the molecule is COC(=O)c1ccc(CC(C)=O)c(N)c1. The number of methoxy groups -OCH3 is 1. The van der Waals surface area contributed by atoms with Crippen LogP contribution in [0.5, 0.6) is 0 Å². The van der Waals surface area contributed by atoms with Gasteiger partial charge in [-0.3, -0.25) is 4.79 Å². The molecule has 0 atom stereocenters. The van der Waals surface area contributed by atoms with Crippen molar-refractivity contribution in [3.05, 3.63) is 29.3 Å². The van der Waals surface area contributed by atoms with Gasteiger partial charge in [-0.15, -0.1) is 0 Å². The van der Waals surface area contributed by atoms with E-state index in [-0.39, 0.29) is 12.2 Å². The average Bonchev–Trinajstić information content (AvgIpc) is 2.19. The summed E-state index contributed by atoms with van der Waals surface area (Å²) in [4.78, 5) is 22.0. The normalized spacial score (nSPS) is 9.73. The van der Waals surface area contributed by atoms with Gasteiger partial charge in [-0.1, -0.05) is 6.07 Å². The molecule has 0 saturated carbocycles. The number of nitrogen functional groups attached to an aromatic ring is 1. The van der Waals surface area contributed by atoms with Crippen LogP contribution in [-0.2, 0) is 16.0 Å². The van der Waals surface area contributed by atoms with Crippen LogP contribution < -0.4 is 5.73 Å². The van der Waals surface area contributed by atoms with Crippen molar-refractivity contribution < 1.29 is 14.3 Å². The highest BCUT2D eigenvalue weighted by atomic mass is 16.5. The van der Waals surface area contributed by atoms with Crippen LogP contribution in [0.2, 0.25) is 0 Å². The molecule has 0 amide bonds. The quantitative estimate of drug-likeness (QED) is 0.597. The summed E-state index contributed by atoms with van der Waals surface area (Å²) in [6.45, 7) is 1.49. The lowest BCUT2D eigenvalue weighted by Crippen LogP contribution is -2.05. The van der Waals surface area contributed by atoms with Gasteiger partial charge in [0.05, 0.1) is 12.7 Å². The standard InChI is InChI=1S/C11H13NO3/c1-7(13)5-8-3-4-9(6-10(8)12)11(14)15-2/h3-4,6H,5,12H2,1-2H3. The van der Waals surface area contributed by atoms with E-state index in [2.05, 4.69) is 4.74 Å². The monoisotopic (exact) mass is 207 g/mol. The number of anilines is 1. The third-order valence-corrected chi connectivity index (χ3v) is 2.01. The van der Waals surface area contributed by atoms with Gasteiger partial charge in [0.2, 0.25) is 0 Å². The molecule has 0 unspecified atom stereocenters. The van der Waals surface area contributed by atoms with E-state index < -0.39 is 5.97 Å². The highest BCUT2D eigenvalue weighted by Gasteiger charge is 2.08. The molecular formula is C11H13NO3. The smallest absolute Gasteiger partial charge is 0.337 e. The number of hydrogen-bond donors (Lipinski definition) is 1. The van der Waals surface area contributed by atoms with Gasteiger partial charge >= 0.3 is 5.97 Å². The van der Waals surface area contributed by atoms with Crippen LogP contribution in [0.15, 0.2) is 18.2 Å². The lowest BCUT2D eigenvalue weighted by atomic mass is 10.0. The van der Waals surface area contributed by atoms with Gasteiger partial charge in [0.15, 0.2) is 0 Å². The average molecular weight is 207 g/mol. The molecule has 0 aliphatic carbocycles. The predicted molar refractivity (Wildman–Crippen MR) is 56.6 cm³/mol. The number of carbonyl (C=O) groups is 2. The van der Waals surface area contributed by atoms with Crippen molar-refractivity contribution in [3.8, 4) is 0 Å². The molecule has 4 heteroatoms. The number of nitrogens with two attached hydrogens (primary N) is 1. The van der Waals surface area contributed by atoms with E-state index in [9.17, 15) is 9.59 Å². The minimum Gasteiger partial charge on any atom is -0.465 e. The molecule has 0 fully saturated rings. The van der Waals surface area contributed by atoms with Gasteiger partial charge in [-0.25, -0.2) is 4.79 Å². The second kappa shape index (κ2) is 4.59. The molecule has 0 aliphatic rings. The van der Waals surface area contributed by atoms with Crippen LogP contribution in [0.1, 0.15) is 22.8 Å². The Labute approximate surface area is 88.0 Å². The first-order chi connectivity index (χ1) is 7.04. The molecule has 15 heavy (non-hydrogen) atoms. The van der Waals surface area contributed by atoms with Gasteiger partial charge in [0.25, 0.3) is 0 Å². The minimum atomic E-state index is -0.434. The topological polar surface area (TPSA) is 69.4 Å². The summed E-state index contributed by atoms with van der Waals surface area (Å²) in [5.41, 5.74) is 7.26. The molecule has 0 saturated heterocycles. The van der Waals surface area contributed by atoms with Gasteiger partial charge < -0.3 is 10.5 Å². The zero-order valence-electron chi connectivity index (χ0n) is 8.74. The molecule has 4 nitrogen and oxygen atoms in total. The van der Waals surface area contributed by atoms with E-state index in [0.717, 1.165) is 5.56 Å². The zero-order valence-corrected chi connectivity index (χ0v) is 8.74. The van der Waals surface area contributed by atoms with E-state index in [4.69, 9.17) is 5.73 Å². The first-order valence-electron chi connectivity index (χ1n) is 4.50. The number of hydrogen-bond acceptors (Lipinski definition) is 4. The first kappa shape index (κ1) is 11.2. The molecule has 80 valence electrons. The molecule has 0 aromatic heterocycles. The zero-order chi connectivity index (χ0) is 11.4. The highest BCUT2D eigenvalue weighted by Crippen LogP contribution is 2.15. The predicted octanol–water partition coefficient (Wildman–Crippen LogP) is 1.19. The Morgan fingerprint density at radius 1 is 1.40 bits per heavy atom. The Kier molecular flexibility index (Phi) is 3.44. The van der Waals surface area contributed by atoms with Crippen molar-refractivity contribution in [2.75, 3.05) is 12.8 Å². The Morgan fingerprint density at radius 2 is 2.07 bits per heavy atom. The third kappa shape index (κ3) is 2.80. The summed E-state index contributed by atoms with van der Waals surface area (Å²) in [6.07, 6.45) is 0.285. The van der Waals surface area contributed by atoms with Crippen molar-refractivity contribution in [2.24, 2.45) is 0 Å². The summed E-state index contributed by atoms with van der Waals surface area (Å²) in [7, 11) is 1.31. The van der Waals surface area contributed by atoms with Crippen molar-refractivity contribution in [2.45, 2.75) is 13.3 Å². The minimum absolute atomic E-state index is 0.0347. The number of benzene rings is 1. The fourth-order valence-corrected chi connectivity index (χ4v) is 1.27. The number of Topliss-reactive ketones (excluding diaryl/α,β-unsaturated/α-hetero) is 1. The highest BCUT2D eigenvalue weighted by molar-refractivity contribution is 5.91. The number of ketones is 1. The molecule has 1 aromatic carbocycles. The van der Waals surface area contributed by atoms with Crippen LogP contribution in [-0.4, -0.2) is 18.9 Å². The Balaban J connectivity index is 2.97. The summed E-state index contributed by atoms with van der Waals surface area (Å²) in [5, 5.41) is 0. The van der Waals surface area contributed by atoms with Gasteiger partial charge in [0, 0.05) is 12.1 Å². The summed E-state index contributed by atoms with van der Waals surface area (Å²) >= 11 is 0. The van der Waals surface area contributed by atoms with Crippen LogP contribution >= 0.6 is 0 Å². The Bertz CT molecular complexity index is 399. The van der Waals surface area contributed by atoms with Crippen molar-refractivity contribution in [1.29, 1.82) is 0 Å².